The standard InChI is InChI=1S/C20H19FN2O3S/c1-25-17-5-3-4-16(18(17)26-2)19(24)22-11-10-15-12-27-20(23-15)13-6-8-14(21)9-7-13/h3-9,12H,10-11H2,1-2H3,(H,22,24). The quantitative estimate of drug-likeness (QED) is 0.668. The minimum atomic E-state index is -0.272. The molecule has 0 unspecified atom stereocenters. The van der Waals surface area contributed by atoms with E-state index in [9.17, 15) is 9.18 Å². The van der Waals surface area contributed by atoms with Crippen molar-refractivity contribution >= 4 is 17.2 Å². The molecule has 1 heterocycles. The first-order valence-corrected chi connectivity index (χ1v) is 9.20. The Kier molecular flexibility index (Phi) is 6.03. The molecule has 0 atom stereocenters. The van der Waals surface area contributed by atoms with Gasteiger partial charge in [-0.2, -0.15) is 0 Å². The Balaban J connectivity index is 1.60. The molecule has 0 fully saturated rings. The zero-order valence-corrected chi connectivity index (χ0v) is 15.8. The van der Waals surface area contributed by atoms with Crippen LogP contribution in [-0.4, -0.2) is 31.7 Å². The third-order valence-corrected chi connectivity index (χ3v) is 4.90. The molecule has 0 bridgehead atoms. The molecule has 0 radical (unpaired) electrons. The van der Waals surface area contributed by atoms with Crippen LogP contribution in [0.2, 0.25) is 0 Å². The van der Waals surface area contributed by atoms with Gasteiger partial charge < -0.3 is 14.8 Å². The summed E-state index contributed by atoms with van der Waals surface area (Å²) in [5, 5.41) is 5.64. The lowest BCUT2D eigenvalue weighted by atomic mass is 10.1. The number of rotatable bonds is 7. The van der Waals surface area contributed by atoms with E-state index in [0.717, 1.165) is 16.3 Å². The maximum Gasteiger partial charge on any atom is 0.255 e. The summed E-state index contributed by atoms with van der Waals surface area (Å²) in [6.07, 6.45) is 0.593. The molecular formula is C20H19FN2O3S. The van der Waals surface area contributed by atoms with E-state index in [2.05, 4.69) is 10.3 Å². The average Bonchev–Trinajstić information content (AvgIpc) is 3.16. The van der Waals surface area contributed by atoms with E-state index in [1.165, 1.54) is 37.7 Å². The van der Waals surface area contributed by atoms with Crippen LogP contribution in [0.3, 0.4) is 0 Å². The average molecular weight is 386 g/mol. The molecule has 7 heteroatoms. The molecule has 0 aliphatic heterocycles. The molecule has 0 saturated carbocycles. The molecule has 140 valence electrons. The van der Waals surface area contributed by atoms with Crippen molar-refractivity contribution in [2.24, 2.45) is 0 Å². The molecule has 1 amide bonds. The first-order valence-electron chi connectivity index (χ1n) is 8.32. The lowest BCUT2D eigenvalue weighted by Crippen LogP contribution is -2.26. The van der Waals surface area contributed by atoms with Gasteiger partial charge in [0.05, 0.1) is 25.5 Å². The number of amides is 1. The molecule has 2 aromatic carbocycles. The minimum absolute atomic E-state index is 0.236. The van der Waals surface area contributed by atoms with Crippen molar-refractivity contribution < 1.29 is 18.7 Å². The lowest BCUT2D eigenvalue weighted by molar-refractivity contribution is 0.0950. The predicted octanol–water partition coefficient (Wildman–Crippen LogP) is 3.94. The van der Waals surface area contributed by atoms with Gasteiger partial charge in [0.25, 0.3) is 5.91 Å². The third-order valence-electron chi connectivity index (χ3n) is 3.96. The molecule has 5 nitrogen and oxygen atoms in total. The maximum absolute atomic E-state index is 13.0. The van der Waals surface area contributed by atoms with E-state index in [1.807, 2.05) is 5.38 Å². The Labute approximate surface area is 160 Å². The molecule has 0 spiro atoms. The highest BCUT2D eigenvalue weighted by Crippen LogP contribution is 2.30. The van der Waals surface area contributed by atoms with Crippen molar-refractivity contribution in [2.45, 2.75) is 6.42 Å². The zero-order chi connectivity index (χ0) is 19.2. The van der Waals surface area contributed by atoms with E-state index in [-0.39, 0.29) is 11.7 Å². The maximum atomic E-state index is 13.0. The van der Waals surface area contributed by atoms with Gasteiger partial charge in [-0.1, -0.05) is 6.07 Å². The van der Waals surface area contributed by atoms with Crippen LogP contribution in [0.4, 0.5) is 4.39 Å². The van der Waals surface area contributed by atoms with Crippen molar-refractivity contribution in [3.63, 3.8) is 0 Å². The summed E-state index contributed by atoms with van der Waals surface area (Å²) >= 11 is 1.49. The number of aromatic nitrogens is 1. The minimum Gasteiger partial charge on any atom is -0.493 e. The van der Waals surface area contributed by atoms with Crippen molar-refractivity contribution in [2.75, 3.05) is 20.8 Å². The molecule has 1 aromatic heterocycles. The highest BCUT2D eigenvalue weighted by atomic mass is 32.1. The van der Waals surface area contributed by atoms with E-state index in [4.69, 9.17) is 9.47 Å². The van der Waals surface area contributed by atoms with Gasteiger partial charge in [-0.15, -0.1) is 11.3 Å². The van der Waals surface area contributed by atoms with Gasteiger partial charge in [-0.25, -0.2) is 9.37 Å². The van der Waals surface area contributed by atoms with Crippen molar-refractivity contribution in [3.8, 4) is 22.1 Å². The number of thiazole rings is 1. The van der Waals surface area contributed by atoms with E-state index in [0.29, 0.717) is 30.0 Å². The highest BCUT2D eigenvalue weighted by molar-refractivity contribution is 7.13. The van der Waals surface area contributed by atoms with Crippen LogP contribution < -0.4 is 14.8 Å². The number of para-hydroxylation sites is 1. The molecular weight excluding hydrogens is 367 g/mol. The molecule has 3 aromatic rings. The molecule has 0 aliphatic carbocycles. The second kappa shape index (κ2) is 8.64. The summed E-state index contributed by atoms with van der Waals surface area (Å²) in [4.78, 5) is 17.0. The SMILES string of the molecule is COc1cccc(C(=O)NCCc2csc(-c3ccc(F)cc3)n2)c1OC. The summed E-state index contributed by atoms with van der Waals surface area (Å²) in [6.45, 7) is 0.436. The number of methoxy groups -OCH3 is 2. The zero-order valence-electron chi connectivity index (χ0n) is 15.0. The van der Waals surface area contributed by atoms with Gasteiger partial charge in [-0.3, -0.25) is 4.79 Å². The van der Waals surface area contributed by atoms with E-state index in [1.54, 1.807) is 30.3 Å². The van der Waals surface area contributed by atoms with Gasteiger partial charge in [0, 0.05) is 23.9 Å². The van der Waals surface area contributed by atoms with Gasteiger partial charge in [0.15, 0.2) is 11.5 Å². The lowest BCUT2D eigenvalue weighted by Gasteiger charge is -2.12. The van der Waals surface area contributed by atoms with Crippen LogP contribution in [0, 0.1) is 5.82 Å². The number of hydrogen-bond acceptors (Lipinski definition) is 5. The van der Waals surface area contributed by atoms with Gasteiger partial charge in [0.1, 0.15) is 10.8 Å². The van der Waals surface area contributed by atoms with Gasteiger partial charge in [-0.05, 0) is 36.4 Å². The number of halogens is 1. The number of nitrogens with zero attached hydrogens (tertiary/aromatic N) is 1. The molecule has 0 saturated heterocycles. The number of hydrogen-bond donors (Lipinski definition) is 1. The summed E-state index contributed by atoms with van der Waals surface area (Å²) in [7, 11) is 3.03. The number of benzene rings is 2. The van der Waals surface area contributed by atoms with Gasteiger partial charge >= 0.3 is 0 Å². The Bertz CT molecular complexity index is 925. The fourth-order valence-electron chi connectivity index (χ4n) is 2.61. The van der Waals surface area contributed by atoms with Crippen molar-refractivity contribution in [3.05, 3.63) is 64.9 Å². The first-order chi connectivity index (χ1) is 13.1. The van der Waals surface area contributed by atoms with Crippen LogP contribution in [0.15, 0.2) is 47.8 Å². The predicted molar refractivity (Wildman–Crippen MR) is 103 cm³/mol. The monoisotopic (exact) mass is 386 g/mol. The van der Waals surface area contributed by atoms with Gasteiger partial charge in [0.2, 0.25) is 0 Å². The Hall–Kier alpha value is -2.93. The Morgan fingerprint density at radius 3 is 2.63 bits per heavy atom. The number of carbonyl (C=O) groups excluding carboxylic acids is 1. The van der Waals surface area contributed by atoms with Crippen LogP contribution in [0.1, 0.15) is 16.1 Å². The third kappa shape index (κ3) is 4.43. The summed E-state index contributed by atoms with van der Waals surface area (Å²) in [5.74, 6) is 0.407. The summed E-state index contributed by atoms with van der Waals surface area (Å²) < 4.78 is 23.5. The second-order valence-electron chi connectivity index (χ2n) is 5.70. The fraction of sp³-hybridized carbons (Fsp3) is 0.200. The highest BCUT2D eigenvalue weighted by Gasteiger charge is 2.16. The Morgan fingerprint density at radius 1 is 1.15 bits per heavy atom. The summed E-state index contributed by atoms with van der Waals surface area (Å²) in [5.41, 5.74) is 2.16. The second-order valence-corrected chi connectivity index (χ2v) is 6.56. The summed E-state index contributed by atoms with van der Waals surface area (Å²) in [6, 6.07) is 11.4. The van der Waals surface area contributed by atoms with E-state index < -0.39 is 0 Å². The number of ether oxygens (including phenoxy) is 2. The topological polar surface area (TPSA) is 60.5 Å². The number of carbonyl (C=O) groups is 1. The molecule has 1 N–H and O–H groups in total. The van der Waals surface area contributed by atoms with Crippen LogP contribution in [0.25, 0.3) is 10.6 Å². The Morgan fingerprint density at radius 2 is 1.93 bits per heavy atom. The molecule has 3 rings (SSSR count). The molecule has 0 aliphatic rings. The first kappa shape index (κ1) is 18.8. The fourth-order valence-corrected chi connectivity index (χ4v) is 3.47. The largest absolute Gasteiger partial charge is 0.493 e. The van der Waals surface area contributed by atoms with E-state index >= 15 is 0 Å². The van der Waals surface area contributed by atoms with Crippen molar-refractivity contribution in [1.29, 1.82) is 0 Å². The smallest absolute Gasteiger partial charge is 0.255 e. The van der Waals surface area contributed by atoms with Crippen LogP contribution >= 0.6 is 11.3 Å². The number of nitrogens with one attached hydrogen (secondary N) is 1. The van der Waals surface area contributed by atoms with Crippen LogP contribution in [0.5, 0.6) is 11.5 Å². The molecule has 27 heavy (non-hydrogen) atoms. The normalized spacial score (nSPS) is 10.5. The van der Waals surface area contributed by atoms with Crippen molar-refractivity contribution in [1.82, 2.24) is 10.3 Å². The van der Waals surface area contributed by atoms with Crippen LogP contribution in [-0.2, 0) is 6.42 Å².